The molecule has 252 valence electrons. The van der Waals surface area contributed by atoms with Crippen LogP contribution in [0.25, 0.3) is 5.57 Å². The number of carbonyl (C=O) groups excluding carboxylic acids is 2. The predicted molar refractivity (Wildman–Crippen MR) is 183 cm³/mol. The fourth-order valence-electron chi connectivity index (χ4n) is 7.30. The molecule has 0 aliphatic carbocycles. The zero-order valence-electron chi connectivity index (χ0n) is 28.1. The second-order valence-corrected chi connectivity index (χ2v) is 12.3. The Morgan fingerprint density at radius 2 is 1.67 bits per heavy atom. The number of nitrogens with one attached hydrogen (secondary N) is 2. The lowest BCUT2D eigenvalue weighted by molar-refractivity contribution is -0.384. The fraction of sp³-hybridized carbons (Fsp3) is 0.343. The highest BCUT2D eigenvalue weighted by Crippen LogP contribution is 2.47. The SMILES string of the molecule is CCC1=C(C)C2=C(c3ccc(C(=O)N[C@H](Cc4ccc([N+](=O)[O-])cc4)C(=O)NCCN)cc3)c3c(C)c(CC)c(C)n3[B-](F)(F)[N+]2=C1C. The molecule has 0 bridgehead atoms. The number of benzene rings is 2. The van der Waals surface area contributed by atoms with E-state index in [2.05, 4.69) is 10.6 Å². The van der Waals surface area contributed by atoms with E-state index >= 15 is 8.63 Å². The number of amides is 2. The number of nitro groups is 1. The van der Waals surface area contributed by atoms with Crippen LogP contribution in [0.2, 0.25) is 0 Å². The third-order valence-electron chi connectivity index (χ3n) is 9.58. The van der Waals surface area contributed by atoms with E-state index in [1.54, 1.807) is 50.2 Å². The summed E-state index contributed by atoms with van der Waals surface area (Å²) in [5.41, 5.74) is 13.2. The third-order valence-corrected chi connectivity index (χ3v) is 9.58. The quantitative estimate of drug-likeness (QED) is 0.148. The molecular formula is C35H41BF2N6O4. The van der Waals surface area contributed by atoms with Gasteiger partial charge in [0, 0.05) is 61.0 Å². The number of fused-ring (bicyclic) bond motifs is 2. The van der Waals surface area contributed by atoms with Gasteiger partial charge in [0.15, 0.2) is 5.70 Å². The van der Waals surface area contributed by atoms with E-state index in [-0.39, 0.29) is 30.8 Å². The van der Waals surface area contributed by atoms with Gasteiger partial charge in [-0.15, -0.1) is 0 Å². The highest BCUT2D eigenvalue weighted by Gasteiger charge is 2.56. The van der Waals surface area contributed by atoms with Gasteiger partial charge in [-0.05, 0) is 73.7 Å². The van der Waals surface area contributed by atoms with E-state index in [0.29, 0.717) is 52.3 Å². The number of allylic oxidation sites excluding steroid dienone is 2. The molecule has 1 aromatic heterocycles. The minimum absolute atomic E-state index is 0.0836. The molecular weight excluding hydrogens is 617 g/mol. The zero-order valence-corrected chi connectivity index (χ0v) is 28.1. The van der Waals surface area contributed by atoms with Crippen LogP contribution in [0.5, 0.6) is 0 Å². The van der Waals surface area contributed by atoms with Crippen LogP contribution in [0.1, 0.15) is 78.1 Å². The van der Waals surface area contributed by atoms with Crippen molar-refractivity contribution in [3.8, 4) is 0 Å². The number of halogens is 2. The predicted octanol–water partition coefficient (Wildman–Crippen LogP) is 5.20. The minimum Gasteiger partial charge on any atom is -0.393 e. The first kappa shape index (κ1) is 34.4. The summed E-state index contributed by atoms with van der Waals surface area (Å²) in [5, 5.41) is 16.5. The molecule has 0 fully saturated rings. The largest absolute Gasteiger partial charge is 0.737 e. The van der Waals surface area contributed by atoms with Gasteiger partial charge in [0.25, 0.3) is 11.6 Å². The van der Waals surface area contributed by atoms with E-state index in [4.69, 9.17) is 5.73 Å². The molecule has 3 heterocycles. The Balaban J connectivity index is 1.53. The van der Waals surface area contributed by atoms with Crippen molar-refractivity contribution in [1.82, 2.24) is 15.1 Å². The van der Waals surface area contributed by atoms with Crippen LogP contribution >= 0.6 is 0 Å². The molecule has 0 unspecified atom stereocenters. The Bertz CT molecular complexity index is 1910. The molecule has 4 N–H and O–H groups in total. The van der Waals surface area contributed by atoms with Crippen molar-refractivity contribution < 1.29 is 27.6 Å². The lowest BCUT2D eigenvalue weighted by Gasteiger charge is -2.34. The molecule has 3 aromatic rings. The van der Waals surface area contributed by atoms with E-state index < -0.39 is 29.7 Å². The van der Waals surface area contributed by atoms with E-state index in [1.165, 1.54) is 21.1 Å². The number of rotatable bonds is 11. The van der Waals surface area contributed by atoms with Gasteiger partial charge >= 0.3 is 6.97 Å². The average molecular weight is 659 g/mol. The number of carbonyl (C=O) groups is 2. The second-order valence-electron chi connectivity index (χ2n) is 12.3. The topological polar surface area (TPSA) is 135 Å². The van der Waals surface area contributed by atoms with Crippen molar-refractivity contribution in [2.45, 2.75) is 66.8 Å². The van der Waals surface area contributed by atoms with Crippen molar-refractivity contribution >= 4 is 35.8 Å². The normalized spacial score (nSPS) is 15.8. The summed E-state index contributed by atoms with van der Waals surface area (Å²) in [4.78, 5) is 37.1. The van der Waals surface area contributed by atoms with Crippen LogP contribution in [-0.2, 0) is 17.6 Å². The molecule has 2 aliphatic heterocycles. The number of aromatic nitrogens is 1. The van der Waals surface area contributed by atoms with Gasteiger partial charge in [-0.3, -0.25) is 19.7 Å². The van der Waals surface area contributed by atoms with Crippen molar-refractivity contribution in [2.24, 2.45) is 5.73 Å². The van der Waals surface area contributed by atoms with E-state index in [1.807, 2.05) is 27.7 Å². The van der Waals surface area contributed by atoms with Crippen molar-refractivity contribution in [2.75, 3.05) is 13.1 Å². The number of hydrogen-bond donors (Lipinski definition) is 3. The van der Waals surface area contributed by atoms with Crippen LogP contribution in [0, 0.1) is 24.0 Å². The summed E-state index contributed by atoms with van der Waals surface area (Å²) in [6.45, 7) is 7.50. The number of hydrogen-bond acceptors (Lipinski definition) is 5. The Morgan fingerprint density at radius 3 is 2.23 bits per heavy atom. The number of non-ortho nitro benzene ring substituents is 1. The van der Waals surface area contributed by atoms with Crippen molar-refractivity contribution in [3.63, 3.8) is 0 Å². The molecule has 5 rings (SSSR count). The van der Waals surface area contributed by atoms with Crippen LogP contribution in [0.4, 0.5) is 14.3 Å². The van der Waals surface area contributed by atoms with Gasteiger partial charge in [0.1, 0.15) is 11.8 Å². The van der Waals surface area contributed by atoms with E-state index in [0.717, 1.165) is 22.3 Å². The second kappa shape index (κ2) is 13.3. The highest BCUT2D eigenvalue weighted by atomic mass is 19.2. The molecule has 2 amide bonds. The summed E-state index contributed by atoms with van der Waals surface area (Å²) >= 11 is 0. The summed E-state index contributed by atoms with van der Waals surface area (Å²) in [6, 6.07) is 11.6. The van der Waals surface area contributed by atoms with E-state index in [9.17, 15) is 19.7 Å². The minimum atomic E-state index is -4.16. The van der Waals surface area contributed by atoms with Gasteiger partial charge in [-0.2, -0.15) is 0 Å². The van der Waals surface area contributed by atoms with Crippen molar-refractivity contribution in [1.29, 1.82) is 0 Å². The molecule has 13 heteroatoms. The fourth-order valence-corrected chi connectivity index (χ4v) is 7.30. The molecule has 0 saturated heterocycles. The summed E-state index contributed by atoms with van der Waals surface area (Å²) in [6.07, 6.45) is 1.32. The maximum absolute atomic E-state index is 16.6. The maximum atomic E-state index is 16.6. The Hall–Kier alpha value is -4.91. The Morgan fingerprint density at radius 1 is 1.02 bits per heavy atom. The lowest BCUT2D eigenvalue weighted by Crippen LogP contribution is -2.51. The zero-order chi connectivity index (χ0) is 35.1. The van der Waals surface area contributed by atoms with Crippen LogP contribution in [0.3, 0.4) is 0 Å². The first-order valence-corrected chi connectivity index (χ1v) is 16.2. The molecule has 2 aliphatic rings. The number of nitrogens with zero attached hydrogens (tertiary/aromatic N) is 3. The molecule has 10 nitrogen and oxygen atoms in total. The molecule has 0 saturated carbocycles. The smallest absolute Gasteiger partial charge is 0.393 e. The first-order valence-electron chi connectivity index (χ1n) is 16.2. The number of nitro benzene ring substituents is 1. The van der Waals surface area contributed by atoms with Gasteiger partial charge < -0.3 is 34.0 Å². The molecule has 0 spiro atoms. The number of nitrogens with two attached hydrogens (primary N) is 1. The summed E-state index contributed by atoms with van der Waals surface area (Å²) < 4.78 is 35.5. The summed E-state index contributed by atoms with van der Waals surface area (Å²) in [7, 11) is 0. The standard InChI is InChI=1S/C35H41BF2N6O4/c1-7-28-20(3)32-31(33-21(4)29(8-2)23(6)43(33)36(37,38)42(32)22(28)5)25-11-13-26(14-12-25)34(45)41-30(35(46)40-18-17-39)19-24-9-15-27(16-10-24)44(47)48/h9-16,30H,7-8,17-19,39H2,1-6H3,(H,40,46)(H,41,45)/t30-/m1/s1. The van der Waals surface area contributed by atoms with Gasteiger partial charge in [-0.25, -0.2) is 0 Å². The third kappa shape index (κ3) is 5.76. The van der Waals surface area contributed by atoms with Crippen LogP contribution in [-0.4, -0.2) is 57.5 Å². The highest BCUT2D eigenvalue weighted by molar-refractivity contribution is 6.58. The van der Waals surface area contributed by atoms with Gasteiger partial charge in [-0.1, -0.05) is 38.1 Å². The average Bonchev–Trinajstić information content (AvgIpc) is 3.48. The first-order chi connectivity index (χ1) is 22.8. The van der Waals surface area contributed by atoms with Crippen molar-refractivity contribution in [3.05, 3.63) is 115 Å². The van der Waals surface area contributed by atoms with Crippen LogP contribution < -0.4 is 16.4 Å². The van der Waals surface area contributed by atoms with Gasteiger partial charge in [0.05, 0.1) is 10.5 Å². The lowest BCUT2D eigenvalue weighted by atomic mass is 9.83. The Kier molecular flexibility index (Phi) is 9.54. The maximum Gasteiger partial charge on any atom is 0.737 e. The molecule has 0 radical (unpaired) electrons. The Labute approximate surface area is 278 Å². The van der Waals surface area contributed by atoms with Gasteiger partial charge in [0.2, 0.25) is 5.91 Å². The summed E-state index contributed by atoms with van der Waals surface area (Å²) in [5.74, 6) is -0.951. The monoisotopic (exact) mass is 658 g/mol. The molecule has 1 atom stereocenters. The molecule has 2 aromatic carbocycles. The van der Waals surface area contributed by atoms with Crippen LogP contribution in [0.15, 0.2) is 65.4 Å². The molecule has 48 heavy (non-hydrogen) atoms.